The summed E-state index contributed by atoms with van der Waals surface area (Å²) in [6, 6.07) is 5.13. The second-order valence-electron chi connectivity index (χ2n) is 5.36. The highest BCUT2D eigenvalue weighted by Crippen LogP contribution is 2.21. The molecule has 19 heavy (non-hydrogen) atoms. The molecule has 2 aromatic rings. The van der Waals surface area contributed by atoms with Gasteiger partial charge in [-0.1, -0.05) is 19.1 Å². The Hall–Kier alpha value is -1.91. The third-order valence-electron chi connectivity index (χ3n) is 3.30. The second kappa shape index (κ2) is 5.38. The molecule has 0 aliphatic rings. The Balaban J connectivity index is 2.32. The number of hydrogen-bond acceptors (Lipinski definition) is 3. The molecule has 102 valence electrons. The third kappa shape index (κ3) is 2.92. The van der Waals surface area contributed by atoms with E-state index in [1.165, 1.54) is 0 Å². The largest absolute Gasteiger partial charge is 0.478 e. The number of fused-ring (bicyclic) bond motifs is 1. The first-order chi connectivity index (χ1) is 8.99. The quantitative estimate of drug-likeness (QED) is 0.897. The number of aromatic carboxylic acids is 1. The third-order valence-corrected chi connectivity index (χ3v) is 3.30. The SMILES string of the molecule is CC(C)CCC(C)n1nnc2ccc(C(=O)O)cc21. The Morgan fingerprint density at radius 1 is 1.32 bits per heavy atom. The van der Waals surface area contributed by atoms with Gasteiger partial charge in [-0.25, -0.2) is 9.48 Å². The molecule has 0 amide bonds. The van der Waals surface area contributed by atoms with E-state index in [0.717, 1.165) is 23.9 Å². The molecule has 0 aliphatic heterocycles. The first kappa shape index (κ1) is 13.5. The van der Waals surface area contributed by atoms with Crippen molar-refractivity contribution in [2.45, 2.75) is 39.7 Å². The van der Waals surface area contributed by atoms with Crippen molar-refractivity contribution < 1.29 is 9.90 Å². The van der Waals surface area contributed by atoms with Gasteiger partial charge in [-0.3, -0.25) is 0 Å². The maximum Gasteiger partial charge on any atom is 0.335 e. The highest BCUT2D eigenvalue weighted by Gasteiger charge is 2.13. The fourth-order valence-electron chi connectivity index (χ4n) is 2.09. The van der Waals surface area contributed by atoms with E-state index in [1.807, 2.05) is 4.68 Å². The van der Waals surface area contributed by atoms with Crippen LogP contribution in [-0.4, -0.2) is 26.1 Å². The van der Waals surface area contributed by atoms with Crippen LogP contribution >= 0.6 is 0 Å². The maximum atomic E-state index is 11.0. The molecule has 1 aromatic heterocycles. The van der Waals surface area contributed by atoms with Gasteiger partial charge in [0.1, 0.15) is 5.52 Å². The number of hydrogen-bond donors (Lipinski definition) is 1. The molecule has 1 aromatic carbocycles. The molecule has 2 rings (SSSR count). The van der Waals surface area contributed by atoms with E-state index >= 15 is 0 Å². The van der Waals surface area contributed by atoms with Crippen molar-refractivity contribution in [1.82, 2.24) is 15.0 Å². The fourth-order valence-corrected chi connectivity index (χ4v) is 2.09. The van der Waals surface area contributed by atoms with Crippen LogP contribution in [0.15, 0.2) is 18.2 Å². The van der Waals surface area contributed by atoms with E-state index in [4.69, 9.17) is 5.11 Å². The summed E-state index contributed by atoms with van der Waals surface area (Å²) in [6.45, 7) is 6.47. The zero-order valence-electron chi connectivity index (χ0n) is 11.5. The summed E-state index contributed by atoms with van der Waals surface area (Å²) < 4.78 is 1.82. The maximum absolute atomic E-state index is 11.0. The molecule has 1 heterocycles. The van der Waals surface area contributed by atoms with Crippen LogP contribution in [-0.2, 0) is 0 Å². The Morgan fingerprint density at radius 3 is 2.68 bits per heavy atom. The molecule has 0 saturated heterocycles. The van der Waals surface area contributed by atoms with Crippen LogP contribution < -0.4 is 0 Å². The molecule has 1 atom stereocenters. The van der Waals surface area contributed by atoms with Gasteiger partial charge in [0, 0.05) is 0 Å². The van der Waals surface area contributed by atoms with Crippen molar-refractivity contribution in [2.24, 2.45) is 5.92 Å². The van der Waals surface area contributed by atoms with Gasteiger partial charge in [0.25, 0.3) is 0 Å². The minimum atomic E-state index is -0.926. The molecule has 0 bridgehead atoms. The lowest BCUT2D eigenvalue weighted by Gasteiger charge is -2.13. The summed E-state index contributed by atoms with van der Waals surface area (Å²) in [5.74, 6) is -0.281. The normalized spacial score (nSPS) is 13.1. The Bertz CT molecular complexity index is 589. The van der Waals surface area contributed by atoms with Gasteiger partial charge in [0.15, 0.2) is 0 Å². The standard InChI is InChI=1S/C14H19N3O2/c1-9(2)4-5-10(3)17-13-8-11(14(18)19)6-7-12(13)15-16-17/h6-10H,4-5H2,1-3H3,(H,18,19). The highest BCUT2D eigenvalue weighted by atomic mass is 16.4. The molecule has 5 nitrogen and oxygen atoms in total. The summed E-state index contributed by atoms with van der Waals surface area (Å²) in [5, 5.41) is 17.3. The number of carboxylic acid groups (broad SMARTS) is 1. The fraction of sp³-hybridized carbons (Fsp3) is 0.500. The Labute approximate surface area is 112 Å². The van der Waals surface area contributed by atoms with E-state index in [0.29, 0.717) is 5.92 Å². The molecule has 0 saturated carbocycles. The monoisotopic (exact) mass is 261 g/mol. The van der Waals surface area contributed by atoms with E-state index < -0.39 is 5.97 Å². The van der Waals surface area contributed by atoms with Crippen molar-refractivity contribution in [3.63, 3.8) is 0 Å². The first-order valence-electron chi connectivity index (χ1n) is 6.57. The van der Waals surface area contributed by atoms with E-state index in [-0.39, 0.29) is 11.6 Å². The van der Waals surface area contributed by atoms with Crippen LogP contribution in [0.5, 0.6) is 0 Å². The summed E-state index contributed by atoms with van der Waals surface area (Å²) in [5.41, 5.74) is 1.80. The minimum absolute atomic E-state index is 0.219. The Morgan fingerprint density at radius 2 is 2.05 bits per heavy atom. The summed E-state index contributed by atoms with van der Waals surface area (Å²) in [7, 11) is 0. The number of benzene rings is 1. The second-order valence-corrected chi connectivity index (χ2v) is 5.36. The average Bonchev–Trinajstić information content (AvgIpc) is 2.78. The number of nitrogens with zero attached hydrogens (tertiary/aromatic N) is 3. The van der Waals surface area contributed by atoms with Crippen LogP contribution in [0.1, 0.15) is 50.0 Å². The van der Waals surface area contributed by atoms with E-state index in [9.17, 15) is 4.79 Å². The lowest BCUT2D eigenvalue weighted by molar-refractivity contribution is 0.0697. The summed E-state index contributed by atoms with van der Waals surface area (Å²) in [6.07, 6.45) is 2.12. The molecule has 0 fully saturated rings. The van der Waals surface area contributed by atoms with Gasteiger partial charge in [-0.2, -0.15) is 0 Å². The smallest absolute Gasteiger partial charge is 0.335 e. The molecule has 0 spiro atoms. The van der Waals surface area contributed by atoms with Crippen molar-refractivity contribution in [1.29, 1.82) is 0 Å². The van der Waals surface area contributed by atoms with Gasteiger partial charge in [-0.05, 0) is 43.9 Å². The number of carbonyl (C=O) groups is 1. The lowest BCUT2D eigenvalue weighted by Crippen LogP contribution is -2.08. The topological polar surface area (TPSA) is 68.0 Å². The molecular formula is C14H19N3O2. The molecular weight excluding hydrogens is 242 g/mol. The molecule has 5 heteroatoms. The molecule has 0 aliphatic carbocycles. The number of rotatable bonds is 5. The summed E-state index contributed by atoms with van der Waals surface area (Å²) >= 11 is 0. The predicted molar refractivity (Wildman–Crippen MR) is 73.3 cm³/mol. The van der Waals surface area contributed by atoms with Crippen LogP contribution in [0, 0.1) is 5.92 Å². The van der Waals surface area contributed by atoms with Crippen LogP contribution in [0.4, 0.5) is 0 Å². The minimum Gasteiger partial charge on any atom is -0.478 e. The van der Waals surface area contributed by atoms with Crippen LogP contribution in [0.25, 0.3) is 11.0 Å². The zero-order valence-corrected chi connectivity index (χ0v) is 11.5. The van der Waals surface area contributed by atoms with Gasteiger partial charge >= 0.3 is 5.97 Å². The number of carboxylic acids is 1. The van der Waals surface area contributed by atoms with Crippen molar-refractivity contribution in [2.75, 3.05) is 0 Å². The predicted octanol–water partition coefficient (Wildman–Crippen LogP) is 3.13. The zero-order chi connectivity index (χ0) is 14.0. The van der Waals surface area contributed by atoms with Crippen molar-refractivity contribution in [3.05, 3.63) is 23.8 Å². The van der Waals surface area contributed by atoms with Crippen LogP contribution in [0.2, 0.25) is 0 Å². The Kier molecular flexibility index (Phi) is 3.83. The van der Waals surface area contributed by atoms with Crippen molar-refractivity contribution >= 4 is 17.0 Å². The lowest BCUT2D eigenvalue weighted by atomic mass is 10.0. The van der Waals surface area contributed by atoms with Gasteiger partial charge in [0.05, 0.1) is 17.1 Å². The summed E-state index contributed by atoms with van der Waals surface area (Å²) in [4.78, 5) is 11.0. The highest BCUT2D eigenvalue weighted by molar-refractivity contribution is 5.92. The first-order valence-corrected chi connectivity index (χ1v) is 6.57. The van der Waals surface area contributed by atoms with Gasteiger partial charge in [-0.15, -0.1) is 5.10 Å². The number of aromatic nitrogens is 3. The van der Waals surface area contributed by atoms with E-state index in [2.05, 4.69) is 31.1 Å². The van der Waals surface area contributed by atoms with Crippen LogP contribution in [0.3, 0.4) is 0 Å². The van der Waals surface area contributed by atoms with Gasteiger partial charge in [0.2, 0.25) is 0 Å². The van der Waals surface area contributed by atoms with E-state index in [1.54, 1.807) is 18.2 Å². The van der Waals surface area contributed by atoms with Crippen molar-refractivity contribution in [3.8, 4) is 0 Å². The average molecular weight is 261 g/mol. The van der Waals surface area contributed by atoms with Gasteiger partial charge < -0.3 is 5.11 Å². The molecule has 1 unspecified atom stereocenters. The molecule has 1 N–H and O–H groups in total. The molecule has 0 radical (unpaired) electrons.